The standard InChI is InChI=1S/C11H13N3.2ClH/c12-9-10-2-1-3-11(8-10)14-6-4-13-5-7-14;;/h1-3,8,13H,4-7H2;2*1H. The first kappa shape index (κ1) is 15.0. The zero-order chi connectivity index (χ0) is 9.80. The monoisotopic (exact) mass is 259 g/mol. The maximum atomic E-state index is 8.78. The molecule has 0 spiro atoms. The number of nitrogens with zero attached hydrogens (tertiary/aromatic N) is 2. The lowest BCUT2D eigenvalue weighted by atomic mass is 10.2. The van der Waals surface area contributed by atoms with E-state index in [0.717, 1.165) is 37.4 Å². The molecule has 1 heterocycles. The van der Waals surface area contributed by atoms with Crippen LogP contribution in [-0.4, -0.2) is 26.2 Å². The highest BCUT2D eigenvalue weighted by molar-refractivity contribution is 5.85. The van der Waals surface area contributed by atoms with E-state index < -0.39 is 0 Å². The van der Waals surface area contributed by atoms with Gasteiger partial charge >= 0.3 is 0 Å². The molecule has 0 bridgehead atoms. The van der Waals surface area contributed by atoms with Gasteiger partial charge in [-0.15, -0.1) is 24.8 Å². The van der Waals surface area contributed by atoms with Crippen LogP contribution in [0.5, 0.6) is 0 Å². The molecule has 2 rings (SSSR count). The molecule has 16 heavy (non-hydrogen) atoms. The summed E-state index contributed by atoms with van der Waals surface area (Å²) in [6, 6.07) is 9.95. The van der Waals surface area contributed by atoms with Gasteiger partial charge in [0.1, 0.15) is 0 Å². The predicted octanol–water partition coefficient (Wildman–Crippen LogP) is 1.81. The Labute approximate surface area is 108 Å². The van der Waals surface area contributed by atoms with Crippen molar-refractivity contribution >= 4 is 30.5 Å². The van der Waals surface area contributed by atoms with Crippen molar-refractivity contribution in [3.63, 3.8) is 0 Å². The highest BCUT2D eigenvalue weighted by Crippen LogP contribution is 2.15. The molecule has 1 N–H and O–H groups in total. The molecule has 1 aromatic rings. The van der Waals surface area contributed by atoms with E-state index >= 15 is 0 Å². The average Bonchev–Trinajstić information content (AvgIpc) is 2.30. The topological polar surface area (TPSA) is 39.1 Å². The normalized spacial score (nSPS) is 14.3. The van der Waals surface area contributed by atoms with Crippen LogP contribution in [0.15, 0.2) is 24.3 Å². The third-order valence-electron chi connectivity index (χ3n) is 2.46. The Morgan fingerprint density at radius 2 is 1.88 bits per heavy atom. The number of piperazine rings is 1. The summed E-state index contributed by atoms with van der Waals surface area (Å²) in [5, 5.41) is 12.1. The molecule has 1 saturated heterocycles. The Kier molecular flexibility index (Phi) is 6.91. The molecule has 0 amide bonds. The molecule has 3 nitrogen and oxygen atoms in total. The number of hydrogen-bond donors (Lipinski definition) is 1. The summed E-state index contributed by atoms with van der Waals surface area (Å²) < 4.78 is 0. The van der Waals surface area contributed by atoms with E-state index in [4.69, 9.17) is 5.26 Å². The van der Waals surface area contributed by atoms with Gasteiger partial charge in [0.2, 0.25) is 0 Å². The zero-order valence-corrected chi connectivity index (χ0v) is 10.5. The lowest BCUT2D eigenvalue weighted by Gasteiger charge is -2.29. The second kappa shape index (κ2) is 7.34. The van der Waals surface area contributed by atoms with Gasteiger partial charge in [0, 0.05) is 31.9 Å². The second-order valence-corrected chi connectivity index (χ2v) is 3.40. The van der Waals surface area contributed by atoms with E-state index in [2.05, 4.69) is 22.4 Å². The molecule has 0 aliphatic carbocycles. The maximum absolute atomic E-state index is 8.78. The number of halogens is 2. The van der Waals surface area contributed by atoms with Crippen molar-refractivity contribution in [3.8, 4) is 6.07 Å². The van der Waals surface area contributed by atoms with Crippen LogP contribution in [0.25, 0.3) is 0 Å². The molecule has 0 saturated carbocycles. The zero-order valence-electron chi connectivity index (χ0n) is 8.85. The fourth-order valence-corrected chi connectivity index (χ4v) is 1.70. The number of rotatable bonds is 1. The van der Waals surface area contributed by atoms with E-state index in [1.54, 1.807) is 0 Å². The predicted molar refractivity (Wildman–Crippen MR) is 70.7 cm³/mol. The van der Waals surface area contributed by atoms with E-state index in [-0.39, 0.29) is 24.8 Å². The fourth-order valence-electron chi connectivity index (χ4n) is 1.70. The first-order valence-electron chi connectivity index (χ1n) is 4.86. The van der Waals surface area contributed by atoms with Crippen molar-refractivity contribution in [2.75, 3.05) is 31.1 Å². The number of hydrogen-bond acceptors (Lipinski definition) is 3. The van der Waals surface area contributed by atoms with Crippen LogP contribution in [0, 0.1) is 11.3 Å². The van der Waals surface area contributed by atoms with Gasteiger partial charge < -0.3 is 10.2 Å². The number of nitrogens with one attached hydrogen (secondary N) is 1. The van der Waals surface area contributed by atoms with Gasteiger partial charge in [-0.25, -0.2) is 0 Å². The molecule has 1 aliphatic heterocycles. The maximum Gasteiger partial charge on any atom is 0.0992 e. The summed E-state index contributed by atoms with van der Waals surface area (Å²) in [4.78, 5) is 2.30. The minimum atomic E-state index is 0. The van der Waals surface area contributed by atoms with Gasteiger partial charge in [0.05, 0.1) is 11.6 Å². The Hall–Kier alpha value is -0.950. The Morgan fingerprint density at radius 1 is 1.19 bits per heavy atom. The van der Waals surface area contributed by atoms with Crippen molar-refractivity contribution in [2.45, 2.75) is 0 Å². The summed E-state index contributed by atoms with van der Waals surface area (Å²) in [5.41, 5.74) is 1.89. The average molecular weight is 260 g/mol. The van der Waals surface area contributed by atoms with Gasteiger partial charge in [0.15, 0.2) is 0 Å². The van der Waals surface area contributed by atoms with Crippen molar-refractivity contribution < 1.29 is 0 Å². The lowest BCUT2D eigenvalue weighted by molar-refractivity contribution is 0.589. The van der Waals surface area contributed by atoms with Gasteiger partial charge in [-0.05, 0) is 18.2 Å². The SMILES string of the molecule is Cl.Cl.N#Cc1cccc(N2CCNCC2)c1. The molecular weight excluding hydrogens is 245 g/mol. The number of nitriles is 1. The van der Waals surface area contributed by atoms with Crippen LogP contribution in [0.1, 0.15) is 5.56 Å². The summed E-state index contributed by atoms with van der Waals surface area (Å²) in [6.45, 7) is 4.09. The summed E-state index contributed by atoms with van der Waals surface area (Å²) in [7, 11) is 0. The molecule has 1 fully saturated rings. The number of benzene rings is 1. The molecule has 0 aromatic heterocycles. The van der Waals surface area contributed by atoms with Crippen LogP contribution < -0.4 is 10.2 Å². The molecular formula is C11H15Cl2N3. The third kappa shape index (κ3) is 3.57. The summed E-state index contributed by atoms with van der Waals surface area (Å²) >= 11 is 0. The van der Waals surface area contributed by atoms with Crippen molar-refractivity contribution in [3.05, 3.63) is 29.8 Å². The Morgan fingerprint density at radius 3 is 2.50 bits per heavy atom. The van der Waals surface area contributed by atoms with Crippen LogP contribution in [0.3, 0.4) is 0 Å². The van der Waals surface area contributed by atoms with Crippen molar-refractivity contribution in [1.29, 1.82) is 5.26 Å². The minimum absolute atomic E-state index is 0. The molecule has 1 aromatic carbocycles. The van der Waals surface area contributed by atoms with Crippen LogP contribution in [-0.2, 0) is 0 Å². The highest BCUT2D eigenvalue weighted by Gasteiger charge is 2.09. The lowest BCUT2D eigenvalue weighted by Crippen LogP contribution is -2.43. The Bertz CT molecular complexity index is 356. The Balaban J connectivity index is 0.00000112. The quantitative estimate of drug-likeness (QED) is 0.837. The van der Waals surface area contributed by atoms with E-state index in [1.807, 2.05) is 18.2 Å². The molecule has 1 aliphatic rings. The summed E-state index contributed by atoms with van der Waals surface area (Å²) in [5.74, 6) is 0. The minimum Gasteiger partial charge on any atom is -0.369 e. The van der Waals surface area contributed by atoms with Crippen LogP contribution >= 0.6 is 24.8 Å². The molecule has 0 atom stereocenters. The van der Waals surface area contributed by atoms with Crippen LogP contribution in [0.4, 0.5) is 5.69 Å². The van der Waals surface area contributed by atoms with E-state index in [0.29, 0.717) is 0 Å². The van der Waals surface area contributed by atoms with Gasteiger partial charge in [-0.2, -0.15) is 5.26 Å². The van der Waals surface area contributed by atoms with Gasteiger partial charge in [-0.3, -0.25) is 0 Å². The largest absolute Gasteiger partial charge is 0.369 e. The molecule has 0 radical (unpaired) electrons. The van der Waals surface area contributed by atoms with Crippen LogP contribution in [0.2, 0.25) is 0 Å². The van der Waals surface area contributed by atoms with Gasteiger partial charge in [0.25, 0.3) is 0 Å². The van der Waals surface area contributed by atoms with Crippen molar-refractivity contribution in [1.82, 2.24) is 5.32 Å². The molecule has 0 unspecified atom stereocenters. The molecule has 5 heteroatoms. The first-order valence-corrected chi connectivity index (χ1v) is 4.86. The molecule has 88 valence electrons. The van der Waals surface area contributed by atoms with E-state index in [1.165, 1.54) is 0 Å². The third-order valence-corrected chi connectivity index (χ3v) is 2.46. The fraction of sp³-hybridized carbons (Fsp3) is 0.364. The first-order chi connectivity index (χ1) is 6.90. The van der Waals surface area contributed by atoms with Crippen molar-refractivity contribution in [2.24, 2.45) is 0 Å². The number of anilines is 1. The smallest absolute Gasteiger partial charge is 0.0992 e. The van der Waals surface area contributed by atoms with E-state index in [9.17, 15) is 0 Å². The highest BCUT2D eigenvalue weighted by atomic mass is 35.5. The van der Waals surface area contributed by atoms with Gasteiger partial charge in [-0.1, -0.05) is 6.07 Å². The second-order valence-electron chi connectivity index (χ2n) is 3.40. The summed E-state index contributed by atoms with van der Waals surface area (Å²) in [6.07, 6.45) is 0.